The van der Waals surface area contributed by atoms with Crippen molar-refractivity contribution in [3.63, 3.8) is 0 Å². The van der Waals surface area contributed by atoms with E-state index in [2.05, 4.69) is 53.2 Å². The van der Waals surface area contributed by atoms with Gasteiger partial charge in [0.15, 0.2) is 0 Å². The molecule has 0 unspecified atom stereocenters. The van der Waals surface area contributed by atoms with Gasteiger partial charge in [-0.2, -0.15) is 0 Å². The molecule has 116 valence electrons. The quantitative estimate of drug-likeness (QED) is 0.867. The summed E-state index contributed by atoms with van der Waals surface area (Å²) >= 11 is 0. The molecule has 1 aromatic heterocycles. The average molecular weight is 296 g/mol. The van der Waals surface area contributed by atoms with Gasteiger partial charge in [-0.1, -0.05) is 30.3 Å². The Morgan fingerprint density at radius 1 is 1.14 bits per heavy atom. The normalized spacial score (nSPS) is 29.6. The summed E-state index contributed by atoms with van der Waals surface area (Å²) in [6, 6.07) is 13.9. The lowest BCUT2D eigenvalue weighted by Crippen LogP contribution is -2.54. The largest absolute Gasteiger partial charge is 0.472 e. The van der Waals surface area contributed by atoms with E-state index in [0.717, 1.165) is 13.1 Å². The van der Waals surface area contributed by atoms with E-state index in [4.69, 9.17) is 4.42 Å². The fourth-order valence-corrected chi connectivity index (χ4v) is 4.45. The van der Waals surface area contributed by atoms with Crippen LogP contribution in [0.3, 0.4) is 0 Å². The second-order valence-corrected chi connectivity index (χ2v) is 6.89. The first-order valence-electron chi connectivity index (χ1n) is 8.27. The number of rotatable bonds is 3. The van der Waals surface area contributed by atoms with Gasteiger partial charge in [0, 0.05) is 30.1 Å². The minimum atomic E-state index is 0.350. The first kappa shape index (κ1) is 14.0. The molecule has 22 heavy (non-hydrogen) atoms. The average Bonchev–Trinajstić information content (AvgIpc) is 3.18. The Morgan fingerprint density at radius 2 is 1.95 bits per heavy atom. The first-order chi connectivity index (χ1) is 10.8. The number of likely N-dealkylation sites (tertiary alicyclic amines) is 2. The summed E-state index contributed by atoms with van der Waals surface area (Å²) in [6.45, 7) is 4.53. The SMILES string of the molecule is CN1CC[C@]2(c3ccccc3)CCN(Cc3ccoc3)C[C@H]12. The summed E-state index contributed by atoms with van der Waals surface area (Å²) < 4.78 is 5.22. The molecular formula is C19H24N2O. The van der Waals surface area contributed by atoms with Crippen molar-refractivity contribution in [1.82, 2.24) is 9.80 Å². The number of likely N-dealkylation sites (N-methyl/N-ethyl adjacent to an activating group) is 1. The van der Waals surface area contributed by atoms with Crippen LogP contribution in [0.4, 0.5) is 0 Å². The Labute approximate surface area is 132 Å². The van der Waals surface area contributed by atoms with Crippen LogP contribution in [0, 0.1) is 0 Å². The molecule has 0 N–H and O–H groups in total. The van der Waals surface area contributed by atoms with Crippen LogP contribution in [0.25, 0.3) is 0 Å². The summed E-state index contributed by atoms with van der Waals surface area (Å²) in [6.07, 6.45) is 6.19. The van der Waals surface area contributed by atoms with Crippen LogP contribution in [0.2, 0.25) is 0 Å². The van der Waals surface area contributed by atoms with Gasteiger partial charge in [0.05, 0.1) is 12.5 Å². The van der Waals surface area contributed by atoms with Gasteiger partial charge in [-0.05, 0) is 44.6 Å². The van der Waals surface area contributed by atoms with Gasteiger partial charge >= 0.3 is 0 Å². The summed E-state index contributed by atoms with van der Waals surface area (Å²) in [7, 11) is 2.29. The van der Waals surface area contributed by atoms with E-state index >= 15 is 0 Å². The van der Waals surface area contributed by atoms with E-state index in [-0.39, 0.29) is 0 Å². The number of hydrogen-bond donors (Lipinski definition) is 0. The van der Waals surface area contributed by atoms with Gasteiger partial charge in [-0.25, -0.2) is 0 Å². The molecule has 0 aliphatic carbocycles. The number of hydrogen-bond acceptors (Lipinski definition) is 3. The van der Waals surface area contributed by atoms with E-state index < -0.39 is 0 Å². The van der Waals surface area contributed by atoms with E-state index in [1.807, 2.05) is 6.26 Å². The van der Waals surface area contributed by atoms with Crippen molar-refractivity contribution in [3.05, 3.63) is 60.1 Å². The number of piperidine rings is 1. The number of benzene rings is 1. The lowest BCUT2D eigenvalue weighted by atomic mass is 9.69. The minimum Gasteiger partial charge on any atom is -0.472 e. The van der Waals surface area contributed by atoms with Gasteiger partial charge in [0.25, 0.3) is 0 Å². The molecule has 3 heterocycles. The monoisotopic (exact) mass is 296 g/mol. The molecule has 0 spiro atoms. The molecular weight excluding hydrogens is 272 g/mol. The van der Waals surface area contributed by atoms with Crippen molar-refractivity contribution < 1.29 is 4.42 Å². The minimum absolute atomic E-state index is 0.350. The molecule has 2 saturated heterocycles. The van der Waals surface area contributed by atoms with E-state index in [1.54, 1.807) is 6.26 Å². The standard InChI is InChI=1S/C19H24N2O/c1-20-10-8-19(17-5-3-2-4-6-17)9-11-21(14-18(19)20)13-16-7-12-22-15-16/h2-7,12,15,18H,8-11,13-14H2,1H3/t18-,19+/m0/s1. The van der Waals surface area contributed by atoms with Crippen molar-refractivity contribution in [2.45, 2.75) is 30.8 Å². The number of nitrogens with zero attached hydrogens (tertiary/aromatic N) is 2. The molecule has 2 aromatic rings. The van der Waals surface area contributed by atoms with Gasteiger partial charge in [-0.3, -0.25) is 4.90 Å². The lowest BCUT2D eigenvalue weighted by Gasteiger charge is -2.46. The second-order valence-electron chi connectivity index (χ2n) is 6.89. The smallest absolute Gasteiger partial charge is 0.0947 e. The third-order valence-electron chi connectivity index (χ3n) is 5.72. The number of furan rings is 1. The van der Waals surface area contributed by atoms with Crippen LogP contribution < -0.4 is 0 Å². The Kier molecular flexibility index (Phi) is 3.55. The Hall–Kier alpha value is -1.58. The Bertz CT molecular complexity index is 610. The van der Waals surface area contributed by atoms with Crippen LogP contribution in [0.15, 0.2) is 53.3 Å². The van der Waals surface area contributed by atoms with Crippen LogP contribution in [-0.2, 0) is 12.0 Å². The molecule has 2 atom stereocenters. The predicted octanol–water partition coefficient (Wildman–Crippen LogP) is 3.13. The van der Waals surface area contributed by atoms with Crippen LogP contribution >= 0.6 is 0 Å². The molecule has 2 fully saturated rings. The van der Waals surface area contributed by atoms with Gasteiger partial charge in [0.1, 0.15) is 0 Å². The Morgan fingerprint density at radius 3 is 2.73 bits per heavy atom. The van der Waals surface area contributed by atoms with E-state index in [0.29, 0.717) is 11.5 Å². The molecule has 3 nitrogen and oxygen atoms in total. The van der Waals surface area contributed by atoms with Gasteiger partial charge in [0.2, 0.25) is 0 Å². The highest BCUT2D eigenvalue weighted by atomic mass is 16.3. The first-order valence-corrected chi connectivity index (χ1v) is 8.27. The highest BCUT2D eigenvalue weighted by molar-refractivity contribution is 5.31. The maximum atomic E-state index is 5.22. The molecule has 0 saturated carbocycles. The summed E-state index contributed by atoms with van der Waals surface area (Å²) in [4.78, 5) is 5.15. The Balaban J connectivity index is 1.57. The number of fused-ring (bicyclic) bond motifs is 1. The third kappa shape index (κ3) is 2.29. The van der Waals surface area contributed by atoms with Crippen molar-refractivity contribution in [2.24, 2.45) is 0 Å². The molecule has 2 aliphatic rings. The van der Waals surface area contributed by atoms with E-state index in [9.17, 15) is 0 Å². The molecule has 0 amide bonds. The fourth-order valence-electron chi connectivity index (χ4n) is 4.45. The molecule has 4 rings (SSSR count). The topological polar surface area (TPSA) is 19.6 Å². The van der Waals surface area contributed by atoms with Gasteiger partial charge < -0.3 is 9.32 Å². The fraction of sp³-hybridized carbons (Fsp3) is 0.474. The van der Waals surface area contributed by atoms with Crippen molar-refractivity contribution in [3.8, 4) is 0 Å². The van der Waals surface area contributed by atoms with Crippen molar-refractivity contribution in [2.75, 3.05) is 26.7 Å². The third-order valence-corrected chi connectivity index (χ3v) is 5.72. The zero-order chi connectivity index (χ0) is 15.0. The highest BCUT2D eigenvalue weighted by Crippen LogP contribution is 2.45. The van der Waals surface area contributed by atoms with E-state index in [1.165, 1.54) is 37.1 Å². The zero-order valence-corrected chi connectivity index (χ0v) is 13.2. The zero-order valence-electron chi connectivity index (χ0n) is 13.2. The molecule has 3 heteroatoms. The predicted molar refractivity (Wildman–Crippen MR) is 87.8 cm³/mol. The second kappa shape index (κ2) is 5.56. The van der Waals surface area contributed by atoms with Crippen LogP contribution in [-0.4, -0.2) is 42.5 Å². The highest BCUT2D eigenvalue weighted by Gasteiger charge is 2.49. The van der Waals surface area contributed by atoms with Gasteiger partial charge in [-0.15, -0.1) is 0 Å². The van der Waals surface area contributed by atoms with Crippen molar-refractivity contribution >= 4 is 0 Å². The lowest BCUT2D eigenvalue weighted by molar-refractivity contribution is 0.0916. The summed E-state index contributed by atoms with van der Waals surface area (Å²) in [5, 5.41) is 0. The molecule has 0 radical (unpaired) electrons. The summed E-state index contributed by atoms with van der Waals surface area (Å²) in [5.74, 6) is 0. The van der Waals surface area contributed by atoms with Crippen molar-refractivity contribution in [1.29, 1.82) is 0 Å². The molecule has 1 aromatic carbocycles. The van der Waals surface area contributed by atoms with Crippen LogP contribution in [0.1, 0.15) is 24.0 Å². The maximum absolute atomic E-state index is 5.22. The molecule has 2 aliphatic heterocycles. The maximum Gasteiger partial charge on any atom is 0.0947 e. The van der Waals surface area contributed by atoms with Crippen LogP contribution in [0.5, 0.6) is 0 Å². The summed E-state index contributed by atoms with van der Waals surface area (Å²) in [5.41, 5.74) is 3.17. The molecule has 0 bridgehead atoms.